The number of imidazole rings is 1. The van der Waals surface area contributed by atoms with Gasteiger partial charge in [-0.1, -0.05) is 71.7 Å². The van der Waals surface area contributed by atoms with Gasteiger partial charge in [0.2, 0.25) is 0 Å². The number of hydrogen-bond donors (Lipinski definition) is 1. The van der Waals surface area contributed by atoms with Crippen LogP contribution in [-0.2, 0) is 0 Å². The van der Waals surface area contributed by atoms with Gasteiger partial charge in [-0.2, -0.15) is 0 Å². The lowest BCUT2D eigenvalue weighted by atomic mass is 10.1. The predicted octanol–water partition coefficient (Wildman–Crippen LogP) is 7.09. The highest BCUT2D eigenvalue weighted by atomic mass is 35.5. The van der Waals surface area contributed by atoms with E-state index in [9.17, 15) is 0 Å². The molecule has 0 atom stereocenters. The van der Waals surface area contributed by atoms with Gasteiger partial charge in [-0.3, -0.25) is 4.40 Å². The van der Waals surface area contributed by atoms with E-state index in [0.717, 1.165) is 33.8 Å². The van der Waals surface area contributed by atoms with Crippen LogP contribution >= 0.6 is 23.2 Å². The number of nitrogens with zero attached hydrogens (tertiary/aromatic N) is 2. The monoisotopic (exact) mass is 407 g/mol. The summed E-state index contributed by atoms with van der Waals surface area (Å²) in [6, 6.07) is 19.9. The van der Waals surface area contributed by atoms with Crippen LogP contribution < -0.4 is 5.32 Å². The van der Waals surface area contributed by atoms with Crippen molar-refractivity contribution in [2.45, 2.75) is 13.8 Å². The number of rotatable bonds is 4. The van der Waals surface area contributed by atoms with Crippen molar-refractivity contribution in [3.8, 4) is 0 Å². The summed E-state index contributed by atoms with van der Waals surface area (Å²) in [5.41, 5.74) is 5.79. The highest BCUT2D eigenvalue weighted by Crippen LogP contribution is 2.34. The summed E-state index contributed by atoms with van der Waals surface area (Å²) in [6.07, 6.45) is 3.76. The molecule has 0 radical (unpaired) electrons. The van der Waals surface area contributed by atoms with E-state index in [0.29, 0.717) is 15.7 Å². The van der Waals surface area contributed by atoms with Crippen LogP contribution in [0.15, 0.2) is 66.9 Å². The highest BCUT2D eigenvalue weighted by Gasteiger charge is 2.17. The van der Waals surface area contributed by atoms with Crippen LogP contribution in [0.3, 0.4) is 0 Å². The number of aromatic nitrogens is 2. The molecule has 0 unspecified atom stereocenters. The molecular weight excluding hydrogens is 389 g/mol. The Morgan fingerprint density at radius 2 is 1.68 bits per heavy atom. The van der Waals surface area contributed by atoms with Crippen LogP contribution in [0.25, 0.3) is 16.8 Å². The van der Waals surface area contributed by atoms with E-state index in [2.05, 4.69) is 31.3 Å². The van der Waals surface area contributed by atoms with E-state index in [1.165, 1.54) is 0 Å². The maximum atomic E-state index is 6.72. The average molecular weight is 408 g/mol. The molecule has 4 rings (SSSR count). The number of anilines is 2. The molecule has 0 aliphatic heterocycles. The van der Waals surface area contributed by atoms with E-state index in [4.69, 9.17) is 28.2 Å². The maximum Gasteiger partial charge on any atom is 0.144 e. The van der Waals surface area contributed by atoms with Crippen LogP contribution in [0, 0.1) is 13.8 Å². The lowest BCUT2D eigenvalue weighted by Gasteiger charge is -2.14. The number of benzene rings is 2. The maximum absolute atomic E-state index is 6.72. The van der Waals surface area contributed by atoms with Gasteiger partial charge < -0.3 is 5.32 Å². The predicted molar refractivity (Wildman–Crippen MR) is 120 cm³/mol. The van der Waals surface area contributed by atoms with Gasteiger partial charge in [0.05, 0.1) is 10.1 Å². The van der Waals surface area contributed by atoms with Gasteiger partial charge in [0.1, 0.15) is 17.2 Å². The van der Waals surface area contributed by atoms with Crippen molar-refractivity contribution in [3.63, 3.8) is 0 Å². The third kappa shape index (κ3) is 3.64. The van der Waals surface area contributed by atoms with Crippen LogP contribution in [-0.4, -0.2) is 9.38 Å². The number of para-hydroxylation sites is 1. The Kier molecular flexibility index (Phi) is 5.12. The van der Waals surface area contributed by atoms with Crippen molar-refractivity contribution >= 4 is 51.5 Å². The molecule has 0 aliphatic carbocycles. The first-order valence-corrected chi connectivity index (χ1v) is 9.72. The number of aryl methyl sites for hydroxylation is 2. The number of pyridine rings is 1. The zero-order valence-electron chi connectivity index (χ0n) is 15.6. The largest absolute Gasteiger partial charge is 0.339 e. The molecule has 0 amide bonds. The van der Waals surface area contributed by atoms with Gasteiger partial charge in [0, 0.05) is 11.9 Å². The highest BCUT2D eigenvalue weighted by molar-refractivity contribution is 6.51. The summed E-state index contributed by atoms with van der Waals surface area (Å²) in [7, 11) is 0. The lowest BCUT2D eigenvalue weighted by molar-refractivity contribution is 1.18. The van der Waals surface area contributed by atoms with Crippen molar-refractivity contribution in [1.29, 1.82) is 0 Å². The minimum Gasteiger partial charge on any atom is -0.339 e. The topological polar surface area (TPSA) is 29.3 Å². The van der Waals surface area contributed by atoms with Gasteiger partial charge in [0.15, 0.2) is 0 Å². The van der Waals surface area contributed by atoms with E-state index in [1.54, 1.807) is 0 Å². The zero-order valence-corrected chi connectivity index (χ0v) is 17.1. The van der Waals surface area contributed by atoms with Crippen LogP contribution in [0.4, 0.5) is 11.5 Å². The Balaban J connectivity index is 1.89. The third-order valence-corrected chi connectivity index (χ3v) is 5.14. The smallest absolute Gasteiger partial charge is 0.144 e. The molecule has 140 valence electrons. The van der Waals surface area contributed by atoms with Crippen LogP contribution in [0.5, 0.6) is 0 Å². The fourth-order valence-corrected chi connectivity index (χ4v) is 3.62. The van der Waals surface area contributed by atoms with E-state index in [1.807, 2.05) is 65.2 Å². The molecule has 0 saturated heterocycles. The first-order valence-electron chi connectivity index (χ1n) is 8.96. The van der Waals surface area contributed by atoms with E-state index < -0.39 is 0 Å². The fraction of sp³-hybridized carbons (Fsp3) is 0.0870. The summed E-state index contributed by atoms with van der Waals surface area (Å²) < 4.78 is 1.94. The Bertz CT molecular complexity index is 1160. The lowest BCUT2D eigenvalue weighted by Crippen LogP contribution is -2.01. The van der Waals surface area contributed by atoms with Crippen molar-refractivity contribution in [3.05, 3.63) is 94.3 Å². The number of hydrogen-bond acceptors (Lipinski definition) is 2. The van der Waals surface area contributed by atoms with Gasteiger partial charge in [-0.05, 0) is 48.7 Å². The molecule has 0 saturated carbocycles. The van der Waals surface area contributed by atoms with Crippen LogP contribution in [0.1, 0.15) is 22.4 Å². The van der Waals surface area contributed by atoms with Gasteiger partial charge >= 0.3 is 0 Å². The van der Waals surface area contributed by atoms with Crippen molar-refractivity contribution < 1.29 is 0 Å². The fourth-order valence-electron chi connectivity index (χ4n) is 3.20. The summed E-state index contributed by atoms with van der Waals surface area (Å²) in [5.74, 6) is 0.784. The molecule has 5 heteroatoms. The third-order valence-electron chi connectivity index (χ3n) is 4.63. The number of halogens is 2. The van der Waals surface area contributed by atoms with Crippen molar-refractivity contribution in [1.82, 2.24) is 9.38 Å². The number of nitrogens with one attached hydrogen (secondary N) is 1. The van der Waals surface area contributed by atoms with E-state index in [-0.39, 0.29) is 0 Å². The molecule has 4 aromatic rings. The quantitative estimate of drug-likeness (QED) is 0.391. The standard InChI is InChI=1S/C23H19Cl2N3/c1-15-7-6-8-16(2)21(15)27-23-22(19(25)13-17-9-4-3-5-10-17)26-20-12-11-18(24)14-28(20)23/h3-14,27H,1-2H3. The normalized spacial score (nSPS) is 11.8. The van der Waals surface area contributed by atoms with Crippen LogP contribution in [0.2, 0.25) is 5.02 Å². The Hall–Kier alpha value is -2.75. The molecule has 2 aromatic carbocycles. The summed E-state index contributed by atoms with van der Waals surface area (Å²) in [4.78, 5) is 4.75. The molecule has 0 bridgehead atoms. The molecule has 3 nitrogen and oxygen atoms in total. The molecule has 0 spiro atoms. The summed E-state index contributed by atoms with van der Waals surface area (Å²) in [6.45, 7) is 4.15. The Morgan fingerprint density at radius 1 is 0.964 bits per heavy atom. The molecular formula is C23H19Cl2N3. The van der Waals surface area contributed by atoms with Gasteiger partial charge in [-0.15, -0.1) is 0 Å². The summed E-state index contributed by atoms with van der Waals surface area (Å²) in [5, 5.41) is 4.73. The SMILES string of the molecule is Cc1cccc(C)c1Nc1c(C(Cl)=Cc2ccccc2)nc2ccc(Cl)cn12. The summed E-state index contributed by atoms with van der Waals surface area (Å²) >= 11 is 13.0. The molecule has 0 fully saturated rings. The molecule has 0 aliphatic rings. The van der Waals surface area contributed by atoms with E-state index >= 15 is 0 Å². The molecule has 1 N–H and O–H groups in total. The Morgan fingerprint density at radius 3 is 2.39 bits per heavy atom. The second-order valence-electron chi connectivity index (χ2n) is 6.68. The average Bonchev–Trinajstić information content (AvgIpc) is 3.03. The minimum absolute atomic E-state index is 0.555. The minimum atomic E-state index is 0.555. The molecule has 2 heterocycles. The van der Waals surface area contributed by atoms with Crippen molar-refractivity contribution in [2.24, 2.45) is 0 Å². The van der Waals surface area contributed by atoms with Gasteiger partial charge in [0.25, 0.3) is 0 Å². The second kappa shape index (κ2) is 7.70. The first kappa shape index (κ1) is 18.6. The van der Waals surface area contributed by atoms with Gasteiger partial charge in [-0.25, -0.2) is 4.98 Å². The molecule has 2 aromatic heterocycles. The molecule has 28 heavy (non-hydrogen) atoms. The van der Waals surface area contributed by atoms with Crippen molar-refractivity contribution in [2.75, 3.05) is 5.32 Å². The first-order chi connectivity index (χ1) is 13.5. The zero-order chi connectivity index (χ0) is 19.7. The second-order valence-corrected chi connectivity index (χ2v) is 7.52. The number of fused-ring (bicyclic) bond motifs is 1. The Labute approximate surface area is 174 Å².